The molecule has 0 unspecified atom stereocenters. The molecule has 0 spiro atoms. The summed E-state index contributed by atoms with van der Waals surface area (Å²) in [5.41, 5.74) is 1.58. The standard InChI is InChI=1S/C52H51N5O8/c1-33(2)45(57-51(61)64-31-37-20-12-7-13-21-37)49(60)54-41-27-38-24-25-44(63-30-36-18-10-6-11-19-36)40(26-38)52(32-58,39-22-14-15-23-43(39)62-29-35-16-8-5-9-17-35)47-42(28-53)55-50(65-47)46(34(3)4)56-48(41)59/h5-26,32-34,41,45-46H,27,29-31H2,1-4H3,(H,54,60)(H,56,59)(H,57,61)/t41-,45+,46+,52+/m1/s1. The molecule has 1 aliphatic rings. The van der Waals surface area contributed by atoms with E-state index in [1.165, 1.54) is 0 Å². The van der Waals surface area contributed by atoms with Crippen molar-refractivity contribution in [3.63, 3.8) is 0 Å². The summed E-state index contributed by atoms with van der Waals surface area (Å²) in [4.78, 5) is 60.9. The van der Waals surface area contributed by atoms with Crippen LogP contribution < -0.4 is 25.4 Å². The molecule has 13 heteroatoms. The van der Waals surface area contributed by atoms with E-state index < -0.39 is 47.4 Å². The highest BCUT2D eigenvalue weighted by Gasteiger charge is 2.48. The maximum absolute atomic E-state index is 14.5. The first-order valence-corrected chi connectivity index (χ1v) is 21.5. The Morgan fingerprint density at radius 3 is 1.95 bits per heavy atom. The molecular weight excluding hydrogens is 823 g/mol. The molecule has 0 fully saturated rings. The van der Waals surface area contributed by atoms with Crippen LogP contribution in [-0.2, 0) is 50.8 Å². The van der Waals surface area contributed by atoms with Crippen molar-refractivity contribution in [2.24, 2.45) is 11.8 Å². The lowest BCUT2D eigenvalue weighted by Crippen LogP contribution is -2.56. The fraction of sp³-hybridized carbons (Fsp3) is 0.269. The molecule has 0 saturated carbocycles. The smallest absolute Gasteiger partial charge is 0.408 e. The van der Waals surface area contributed by atoms with Crippen molar-refractivity contribution in [1.29, 1.82) is 5.26 Å². The lowest BCUT2D eigenvalue weighted by molar-refractivity contribution is -0.131. The predicted molar refractivity (Wildman–Crippen MR) is 241 cm³/mol. The number of alkyl carbamates (subject to hydrolysis) is 1. The van der Waals surface area contributed by atoms with E-state index in [4.69, 9.17) is 18.6 Å². The highest BCUT2D eigenvalue weighted by Crippen LogP contribution is 2.48. The Hall–Kier alpha value is -7.72. The monoisotopic (exact) mass is 873 g/mol. The number of aromatic nitrogens is 1. The first kappa shape index (κ1) is 45.3. The van der Waals surface area contributed by atoms with Gasteiger partial charge in [-0.3, -0.25) is 9.59 Å². The number of carbonyl (C=O) groups excluding carboxylic acids is 4. The van der Waals surface area contributed by atoms with Crippen LogP contribution in [0.4, 0.5) is 4.79 Å². The largest absolute Gasteiger partial charge is 0.489 e. The van der Waals surface area contributed by atoms with Crippen LogP contribution in [0.25, 0.3) is 0 Å². The molecule has 7 rings (SSSR count). The molecule has 3 amide bonds. The van der Waals surface area contributed by atoms with Gasteiger partial charge in [0.15, 0.2) is 11.5 Å². The molecular formula is C52H51N5O8. The number of nitrogens with zero attached hydrogens (tertiary/aromatic N) is 2. The van der Waals surface area contributed by atoms with Crippen LogP contribution in [0.15, 0.2) is 138 Å². The third-order valence-corrected chi connectivity index (χ3v) is 11.3. The van der Waals surface area contributed by atoms with Crippen molar-refractivity contribution in [3.8, 4) is 17.6 Å². The van der Waals surface area contributed by atoms with E-state index >= 15 is 0 Å². The van der Waals surface area contributed by atoms with Crippen LogP contribution in [0.3, 0.4) is 0 Å². The van der Waals surface area contributed by atoms with E-state index in [1.54, 1.807) is 56.3 Å². The molecule has 5 aromatic carbocycles. The highest BCUT2D eigenvalue weighted by molar-refractivity contribution is 5.92. The normalized spacial score (nSPS) is 17.3. The molecule has 0 saturated heterocycles. The summed E-state index contributed by atoms with van der Waals surface area (Å²) < 4.78 is 25.1. The Morgan fingerprint density at radius 2 is 1.38 bits per heavy atom. The van der Waals surface area contributed by atoms with Crippen LogP contribution in [0.1, 0.15) is 84.5 Å². The van der Waals surface area contributed by atoms with Crippen LogP contribution in [0.5, 0.6) is 11.5 Å². The maximum atomic E-state index is 14.5. The zero-order valence-electron chi connectivity index (χ0n) is 36.7. The van der Waals surface area contributed by atoms with Gasteiger partial charge in [0.2, 0.25) is 17.7 Å². The average molecular weight is 874 g/mol. The topological polar surface area (TPSA) is 182 Å². The molecule has 65 heavy (non-hydrogen) atoms. The second-order valence-corrected chi connectivity index (χ2v) is 16.6. The number of benzene rings is 5. The van der Waals surface area contributed by atoms with Gasteiger partial charge in [-0.1, -0.05) is 149 Å². The number of hydrogen-bond donors (Lipinski definition) is 3. The molecule has 1 aliphatic heterocycles. The van der Waals surface area contributed by atoms with E-state index in [9.17, 15) is 24.4 Å². The van der Waals surface area contributed by atoms with Gasteiger partial charge in [0.1, 0.15) is 67.2 Å². The van der Waals surface area contributed by atoms with Gasteiger partial charge < -0.3 is 39.4 Å². The molecule has 0 aliphatic carbocycles. The summed E-state index contributed by atoms with van der Waals surface area (Å²) in [5, 5.41) is 19.3. The number of amides is 3. The van der Waals surface area contributed by atoms with Crippen LogP contribution >= 0.6 is 0 Å². The van der Waals surface area contributed by atoms with Gasteiger partial charge in [0, 0.05) is 17.5 Å². The van der Waals surface area contributed by atoms with E-state index in [2.05, 4.69) is 27.0 Å². The number of hydrogen-bond acceptors (Lipinski definition) is 10. The summed E-state index contributed by atoms with van der Waals surface area (Å²) in [7, 11) is 0. The second kappa shape index (κ2) is 20.6. The fourth-order valence-corrected chi connectivity index (χ4v) is 7.81. The number of nitrogens with one attached hydrogen (secondary N) is 3. The van der Waals surface area contributed by atoms with Gasteiger partial charge in [0.25, 0.3) is 0 Å². The number of aldehydes is 1. The summed E-state index contributed by atoms with van der Waals surface area (Å²) >= 11 is 0. The van der Waals surface area contributed by atoms with Crippen molar-refractivity contribution in [2.45, 2.75) is 77.5 Å². The van der Waals surface area contributed by atoms with Gasteiger partial charge in [0.05, 0.1) is 0 Å². The van der Waals surface area contributed by atoms with E-state index in [1.807, 2.05) is 105 Å². The summed E-state index contributed by atoms with van der Waals surface area (Å²) in [6, 6.07) is 39.4. The molecule has 3 N–H and O–H groups in total. The molecule has 332 valence electrons. The molecule has 13 nitrogen and oxygen atoms in total. The molecule has 4 bridgehead atoms. The Kier molecular flexibility index (Phi) is 14.4. The number of fused-ring (bicyclic) bond motifs is 4. The minimum absolute atomic E-state index is 0.00390. The molecule has 1 aromatic heterocycles. The number of para-hydroxylation sites is 1. The lowest BCUT2D eigenvalue weighted by atomic mass is 9.71. The highest BCUT2D eigenvalue weighted by atomic mass is 16.5. The van der Waals surface area contributed by atoms with Gasteiger partial charge in [-0.25, -0.2) is 9.78 Å². The molecule has 6 aromatic rings. The van der Waals surface area contributed by atoms with Crippen LogP contribution in [-0.4, -0.2) is 41.3 Å². The van der Waals surface area contributed by atoms with Crippen molar-refractivity contribution in [1.82, 2.24) is 20.9 Å². The number of oxazole rings is 1. The molecule has 2 heterocycles. The zero-order chi connectivity index (χ0) is 45.9. The van der Waals surface area contributed by atoms with Gasteiger partial charge in [-0.05, 0) is 46.2 Å². The first-order valence-electron chi connectivity index (χ1n) is 21.5. The van der Waals surface area contributed by atoms with Gasteiger partial charge >= 0.3 is 6.09 Å². The van der Waals surface area contributed by atoms with Crippen molar-refractivity contribution < 1.29 is 37.8 Å². The fourth-order valence-electron chi connectivity index (χ4n) is 7.81. The van der Waals surface area contributed by atoms with E-state index in [0.717, 1.165) is 16.7 Å². The first-order chi connectivity index (χ1) is 31.5. The minimum Gasteiger partial charge on any atom is -0.489 e. The Labute approximate surface area is 378 Å². The van der Waals surface area contributed by atoms with Crippen molar-refractivity contribution in [2.75, 3.05) is 0 Å². The number of rotatable bonds is 15. The Morgan fingerprint density at radius 1 is 0.815 bits per heavy atom. The summed E-state index contributed by atoms with van der Waals surface area (Å²) in [6.45, 7) is 7.51. The van der Waals surface area contributed by atoms with E-state index in [-0.39, 0.29) is 60.8 Å². The van der Waals surface area contributed by atoms with E-state index in [0.29, 0.717) is 23.2 Å². The average Bonchev–Trinajstić information content (AvgIpc) is 3.76. The summed E-state index contributed by atoms with van der Waals surface area (Å²) in [6.07, 6.45) is -0.148. The number of carbonyl (C=O) groups is 4. The van der Waals surface area contributed by atoms with Crippen LogP contribution in [0, 0.1) is 23.2 Å². The van der Waals surface area contributed by atoms with Gasteiger partial charge in [-0.15, -0.1) is 0 Å². The third kappa shape index (κ3) is 10.4. The Balaban J connectivity index is 1.35. The quantitative estimate of drug-likeness (QED) is 0.0855. The zero-order valence-corrected chi connectivity index (χ0v) is 36.7. The third-order valence-electron chi connectivity index (χ3n) is 11.3. The van der Waals surface area contributed by atoms with Crippen LogP contribution in [0.2, 0.25) is 0 Å². The maximum Gasteiger partial charge on any atom is 0.408 e. The summed E-state index contributed by atoms with van der Waals surface area (Å²) in [5.74, 6) is -1.44. The Bertz CT molecular complexity index is 2640. The molecule has 0 radical (unpaired) electrons. The lowest BCUT2D eigenvalue weighted by Gasteiger charge is -2.32. The second-order valence-electron chi connectivity index (χ2n) is 16.6. The van der Waals surface area contributed by atoms with Crippen molar-refractivity contribution >= 4 is 24.2 Å². The number of nitriles is 1. The molecule has 4 atom stereocenters. The SMILES string of the molecule is CC(C)[C@H](NC(=O)OCc1ccccc1)C(=O)N[C@@H]1Cc2ccc(OCc3ccccc3)c(c2)[C@](C=O)(c2ccccc2OCc2ccccc2)c2oc(nc2C#N)[C@H](C(C)C)NC1=O. The van der Waals surface area contributed by atoms with Crippen molar-refractivity contribution in [3.05, 3.63) is 184 Å². The van der Waals surface area contributed by atoms with Gasteiger partial charge in [-0.2, -0.15) is 5.26 Å². The number of ether oxygens (including phenoxy) is 3. The minimum atomic E-state index is -1.91. The predicted octanol–water partition coefficient (Wildman–Crippen LogP) is 8.04.